The molecular formula is C19H18N4OS. The van der Waals surface area contributed by atoms with Crippen LogP contribution in [0.3, 0.4) is 0 Å². The Kier molecular flexibility index (Phi) is 4.86. The van der Waals surface area contributed by atoms with Crippen molar-refractivity contribution in [2.24, 2.45) is 0 Å². The zero-order valence-electron chi connectivity index (χ0n) is 14.6. The highest BCUT2D eigenvalue weighted by Crippen LogP contribution is 2.36. The van der Waals surface area contributed by atoms with Gasteiger partial charge in [0.2, 0.25) is 11.8 Å². The van der Waals surface area contributed by atoms with E-state index in [1.165, 1.54) is 17.3 Å². The summed E-state index contributed by atoms with van der Waals surface area (Å²) >= 11 is 1.46. The molecule has 0 aliphatic rings. The van der Waals surface area contributed by atoms with Gasteiger partial charge >= 0.3 is 0 Å². The van der Waals surface area contributed by atoms with E-state index in [1.54, 1.807) is 0 Å². The third-order valence-electron chi connectivity index (χ3n) is 3.80. The average Bonchev–Trinajstić information content (AvgIpc) is 3.05. The van der Waals surface area contributed by atoms with Gasteiger partial charge < -0.3 is 4.42 Å². The van der Waals surface area contributed by atoms with Crippen LogP contribution in [0.5, 0.6) is 0 Å². The van der Waals surface area contributed by atoms with Crippen LogP contribution in [-0.2, 0) is 0 Å². The first-order chi connectivity index (χ1) is 12.0. The number of nitriles is 1. The molecule has 2 heterocycles. The number of aromatic nitrogens is 3. The van der Waals surface area contributed by atoms with Crippen molar-refractivity contribution >= 4 is 11.8 Å². The number of aryl methyl sites for hydroxylation is 3. The summed E-state index contributed by atoms with van der Waals surface area (Å²) in [6.07, 6.45) is 0. The summed E-state index contributed by atoms with van der Waals surface area (Å²) in [7, 11) is 0. The lowest BCUT2D eigenvalue weighted by atomic mass is 10.1. The molecule has 0 aliphatic heterocycles. The van der Waals surface area contributed by atoms with Crippen molar-refractivity contribution in [2.75, 3.05) is 0 Å². The maximum atomic E-state index is 9.39. The summed E-state index contributed by atoms with van der Waals surface area (Å²) < 4.78 is 5.82. The molecule has 2 aromatic heterocycles. The molecule has 0 fully saturated rings. The van der Waals surface area contributed by atoms with Crippen molar-refractivity contribution in [1.29, 1.82) is 5.26 Å². The van der Waals surface area contributed by atoms with E-state index in [0.29, 0.717) is 22.4 Å². The summed E-state index contributed by atoms with van der Waals surface area (Å²) in [5.74, 6) is 1.02. The van der Waals surface area contributed by atoms with Crippen LogP contribution < -0.4 is 0 Å². The van der Waals surface area contributed by atoms with E-state index in [0.717, 1.165) is 16.8 Å². The van der Waals surface area contributed by atoms with Gasteiger partial charge in [-0.05, 0) is 51.5 Å². The summed E-state index contributed by atoms with van der Waals surface area (Å²) in [5, 5.41) is 18.3. The Morgan fingerprint density at radius 1 is 1.12 bits per heavy atom. The minimum absolute atomic E-state index is 0.104. The smallest absolute Gasteiger partial charge is 0.247 e. The molecule has 0 amide bonds. The maximum Gasteiger partial charge on any atom is 0.247 e. The topological polar surface area (TPSA) is 75.6 Å². The van der Waals surface area contributed by atoms with Crippen LogP contribution in [0, 0.1) is 32.1 Å². The van der Waals surface area contributed by atoms with Gasteiger partial charge in [-0.15, -0.1) is 10.2 Å². The fourth-order valence-electron chi connectivity index (χ4n) is 2.45. The molecule has 0 saturated carbocycles. The molecule has 3 rings (SSSR count). The molecule has 1 aromatic carbocycles. The number of hydrogen-bond donors (Lipinski definition) is 0. The summed E-state index contributed by atoms with van der Waals surface area (Å²) in [6.45, 7) is 7.85. The minimum Gasteiger partial charge on any atom is -0.419 e. The maximum absolute atomic E-state index is 9.39. The Bertz CT molecular complexity index is 941. The van der Waals surface area contributed by atoms with Crippen LogP contribution in [0.4, 0.5) is 0 Å². The highest BCUT2D eigenvalue weighted by molar-refractivity contribution is 7.99. The van der Waals surface area contributed by atoms with Gasteiger partial charge in [0.25, 0.3) is 0 Å². The number of rotatable bonds is 4. The van der Waals surface area contributed by atoms with Gasteiger partial charge in [-0.3, -0.25) is 0 Å². The molecule has 126 valence electrons. The monoisotopic (exact) mass is 350 g/mol. The van der Waals surface area contributed by atoms with Gasteiger partial charge in [0.15, 0.2) is 0 Å². The zero-order chi connectivity index (χ0) is 18.0. The standard InChI is InChI=1S/C19H18N4OS/c1-11-5-7-15(8-6-11)18-23-22-17(24-18)14(4)25-19-16(10-20)12(2)9-13(3)21-19/h5-9,14H,1-4H3. The van der Waals surface area contributed by atoms with Gasteiger partial charge in [-0.1, -0.05) is 29.5 Å². The number of thioether (sulfide) groups is 1. The van der Waals surface area contributed by atoms with Crippen LogP contribution in [0.1, 0.15) is 40.4 Å². The normalized spacial score (nSPS) is 12.0. The molecular weight excluding hydrogens is 332 g/mol. The molecule has 0 N–H and O–H groups in total. The summed E-state index contributed by atoms with van der Waals surface area (Å²) in [5.41, 5.74) is 4.48. The molecule has 6 heteroatoms. The van der Waals surface area contributed by atoms with Gasteiger partial charge in [0.1, 0.15) is 11.1 Å². The van der Waals surface area contributed by atoms with Crippen LogP contribution in [0.2, 0.25) is 0 Å². The van der Waals surface area contributed by atoms with E-state index < -0.39 is 0 Å². The Morgan fingerprint density at radius 3 is 2.52 bits per heavy atom. The predicted octanol–water partition coefficient (Wildman–Crippen LogP) is 4.78. The minimum atomic E-state index is -0.104. The molecule has 0 bridgehead atoms. The van der Waals surface area contributed by atoms with Crippen molar-refractivity contribution in [3.8, 4) is 17.5 Å². The molecule has 1 unspecified atom stereocenters. The predicted molar refractivity (Wildman–Crippen MR) is 97.2 cm³/mol. The number of hydrogen-bond acceptors (Lipinski definition) is 6. The third kappa shape index (κ3) is 3.72. The van der Waals surface area contributed by atoms with Crippen LogP contribution in [0.25, 0.3) is 11.5 Å². The lowest BCUT2D eigenvalue weighted by Crippen LogP contribution is -1.97. The van der Waals surface area contributed by atoms with Crippen LogP contribution in [0.15, 0.2) is 39.8 Å². The van der Waals surface area contributed by atoms with Gasteiger partial charge in [0, 0.05) is 11.3 Å². The third-order valence-corrected chi connectivity index (χ3v) is 4.87. The fraction of sp³-hybridized carbons (Fsp3) is 0.263. The SMILES string of the molecule is Cc1ccc(-c2nnc(C(C)Sc3nc(C)cc(C)c3C#N)o2)cc1. The van der Waals surface area contributed by atoms with Gasteiger partial charge in [0.05, 0.1) is 10.8 Å². The van der Waals surface area contributed by atoms with Crippen molar-refractivity contribution in [2.45, 2.75) is 38.0 Å². The second-order valence-corrected chi connectivity index (χ2v) is 7.27. The lowest BCUT2D eigenvalue weighted by molar-refractivity contribution is 0.509. The van der Waals surface area contributed by atoms with Crippen molar-refractivity contribution < 1.29 is 4.42 Å². The molecule has 3 aromatic rings. The van der Waals surface area contributed by atoms with Crippen molar-refractivity contribution in [3.05, 3.63) is 58.6 Å². The largest absolute Gasteiger partial charge is 0.419 e. The first kappa shape index (κ1) is 17.2. The molecule has 0 saturated heterocycles. The van der Waals surface area contributed by atoms with E-state index in [-0.39, 0.29) is 5.25 Å². The second kappa shape index (κ2) is 7.08. The second-order valence-electron chi connectivity index (χ2n) is 5.94. The van der Waals surface area contributed by atoms with Gasteiger partial charge in [-0.25, -0.2) is 4.98 Å². The van der Waals surface area contributed by atoms with Crippen molar-refractivity contribution in [1.82, 2.24) is 15.2 Å². The number of nitrogens with zero attached hydrogens (tertiary/aromatic N) is 4. The highest BCUT2D eigenvalue weighted by atomic mass is 32.2. The van der Waals surface area contributed by atoms with Crippen LogP contribution >= 0.6 is 11.8 Å². The number of benzene rings is 1. The van der Waals surface area contributed by atoms with E-state index in [1.807, 2.05) is 58.0 Å². The molecule has 0 spiro atoms. The Hall–Kier alpha value is -2.65. The number of pyridine rings is 1. The van der Waals surface area contributed by atoms with E-state index in [4.69, 9.17) is 4.42 Å². The molecule has 0 radical (unpaired) electrons. The van der Waals surface area contributed by atoms with Crippen LogP contribution in [-0.4, -0.2) is 15.2 Å². The fourth-order valence-corrected chi connectivity index (χ4v) is 3.51. The molecule has 25 heavy (non-hydrogen) atoms. The van der Waals surface area contributed by atoms with Gasteiger partial charge in [-0.2, -0.15) is 5.26 Å². The summed E-state index contributed by atoms with van der Waals surface area (Å²) in [6, 6.07) is 12.1. The molecule has 0 aliphatic carbocycles. The quantitative estimate of drug-likeness (QED) is 0.630. The first-order valence-electron chi connectivity index (χ1n) is 7.93. The van der Waals surface area contributed by atoms with E-state index in [9.17, 15) is 5.26 Å². The lowest BCUT2D eigenvalue weighted by Gasteiger charge is -2.10. The van der Waals surface area contributed by atoms with E-state index in [2.05, 4.69) is 21.3 Å². The summed E-state index contributed by atoms with van der Waals surface area (Å²) in [4.78, 5) is 4.50. The zero-order valence-corrected chi connectivity index (χ0v) is 15.4. The Labute approximate surface area is 151 Å². The Balaban J connectivity index is 1.84. The van der Waals surface area contributed by atoms with Crippen molar-refractivity contribution in [3.63, 3.8) is 0 Å². The first-order valence-corrected chi connectivity index (χ1v) is 8.81. The highest BCUT2D eigenvalue weighted by Gasteiger charge is 2.19. The average molecular weight is 350 g/mol. The molecule has 1 atom stereocenters. The molecule has 5 nitrogen and oxygen atoms in total. The Morgan fingerprint density at radius 2 is 1.84 bits per heavy atom. The van der Waals surface area contributed by atoms with E-state index >= 15 is 0 Å².